The lowest BCUT2D eigenvalue weighted by atomic mass is 10.2. The van der Waals surface area contributed by atoms with Crippen molar-refractivity contribution in [3.05, 3.63) is 46.0 Å². The Morgan fingerprint density at radius 3 is 2.78 bits per heavy atom. The van der Waals surface area contributed by atoms with Crippen molar-refractivity contribution in [1.29, 1.82) is 0 Å². The molecule has 0 fully saturated rings. The van der Waals surface area contributed by atoms with Crippen LogP contribution >= 0.6 is 11.3 Å². The van der Waals surface area contributed by atoms with Crippen molar-refractivity contribution < 1.29 is 14.3 Å². The van der Waals surface area contributed by atoms with Crippen LogP contribution in [0.15, 0.2) is 34.9 Å². The smallest absolute Gasteiger partial charge is 0.129 e. The third kappa shape index (κ3) is 6.11. The second-order valence-corrected chi connectivity index (χ2v) is 7.32. The number of aliphatic hydroxyl groups excluding tert-OH is 1. The van der Waals surface area contributed by atoms with Gasteiger partial charge in [0.2, 0.25) is 0 Å². The monoisotopic (exact) mass is 337 g/mol. The van der Waals surface area contributed by atoms with Gasteiger partial charge in [-0.3, -0.25) is 4.90 Å². The van der Waals surface area contributed by atoms with Gasteiger partial charge in [0.1, 0.15) is 12.4 Å². The number of hydrogen-bond acceptors (Lipinski definition) is 5. The topological polar surface area (TPSA) is 45.8 Å². The van der Waals surface area contributed by atoms with Crippen LogP contribution < -0.4 is 0 Å². The summed E-state index contributed by atoms with van der Waals surface area (Å²) in [6.45, 7) is 8.72. The summed E-state index contributed by atoms with van der Waals surface area (Å²) in [4.78, 5) is 4.99. The molecule has 128 valence electrons. The van der Waals surface area contributed by atoms with Crippen LogP contribution in [0, 0.1) is 6.92 Å². The SMILES string of the molecule is CC[C@@H](C)N(Cc1ccc(C)s1)C[C@@H](O)COCc1ccco1. The minimum atomic E-state index is -0.500. The van der Waals surface area contributed by atoms with Crippen molar-refractivity contribution in [2.75, 3.05) is 13.2 Å². The van der Waals surface area contributed by atoms with Crippen LogP contribution in [0.1, 0.15) is 35.8 Å². The highest BCUT2D eigenvalue weighted by molar-refractivity contribution is 7.11. The highest BCUT2D eigenvalue weighted by atomic mass is 32.1. The lowest BCUT2D eigenvalue weighted by Gasteiger charge is -2.30. The van der Waals surface area contributed by atoms with Crippen LogP contribution in [-0.2, 0) is 17.9 Å². The van der Waals surface area contributed by atoms with Crippen LogP contribution in [0.3, 0.4) is 0 Å². The fourth-order valence-electron chi connectivity index (χ4n) is 2.44. The number of aryl methyl sites for hydroxylation is 1. The molecule has 0 saturated carbocycles. The first kappa shape index (κ1) is 18.2. The van der Waals surface area contributed by atoms with Crippen molar-refractivity contribution in [2.45, 2.75) is 52.5 Å². The molecule has 0 bridgehead atoms. The molecule has 0 spiro atoms. The molecule has 0 aromatic carbocycles. The van der Waals surface area contributed by atoms with E-state index < -0.39 is 6.10 Å². The third-order valence-corrected chi connectivity index (χ3v) is 4.93. The number of aliphatic hydroxyl groups is 1. The van der Waals surface area contributed by atoms with E-state index in [1.54, 1.807) is 6.26 Å². The number of thiophene rings is 1. The lowest BCUT2D eigenvalue weighted by Crippen LogP contribution is -2.39. The molecule has 0 aliphatic rings. The molecule has 5 heteroatoms. The van der Waals surface area contributed by atoms with E-state index in [1.165, 1.54) is 9.75 Å². The summed E-state index contributed by atoms with van der Waals surface area (Å²) < 4.78 is 10.8. The molecule has 1 N–H and O–H groups in total. The summed E-state index contributed by atoms with van der Waals surface area (Å²) in [5.74, 6) is 0.782. The molecule has 2 atom stereocenters. The predicted molar refractivity (Wildman–Crippen MR) is 93.6 cm³/mol. The Labute approximate surface area is 142 Å². The average Bonchev–Trinajstić information content (AvgIpc) is 3.17. The molecule has 0 aliphatic carbocycles. The molecule has 0 radical (unpaired) electrons. The van der Waals surface area contributed by atoms with Gasteiger partial charge >= 0.3 is 0 Å². The second-order valence-electron chi connectivity index (χ2n) is 5.95. The maximum absolute atomic E-state index is 10.3. The van der Waals surface area contributed by atoms with Gasteiger partial charge < -0.3 is 14.3 Å². The molecule has 0 aliphatic heterocycles. The van der Waals surface area contributed by atoms with Gasteiger partial charge in [0.15, 0.2) is 0 Å². The van der Waals surface area contributed by atoms with E-state index in [4.69, 9.17) is 9.15 Å². The average molecular weight is 337 g/mol. The van der Waals surface area contributed by atoms with Crippen LogP contribution in [0.25, 0.3) is 0 Å². The first-order chi connectivity index (χ1) is 11.1. The normalized spacial score (nSPS) is 14.3. The second kappa shape index (κ2) is 9.23. The summed E-state index contributed by atoms with van der Waals surface area (Å²) in [5, 5.41) is 10.3. The van der Waals surface area contributed by atoms with Gasteiger partial charge in [-0.2, -0.15) is 0 Å². The summed E-state index contributed by atoms with van der Waals surface area (Å²) in [6, 6.07) is 8.46. The van der Waals surface area contributed by atoms with Crippen molar-refractivity contribution in [3.8, 4) is 0 Å². The number of hydrogen-bond donors (Lipinski definition) is 1. The Morgan fingerprint density at radius 1 is 1.35 bits per heavy atom. The van der Waals surface area contributed by atoms with Crippen molar-refractivity contribution in [2.24, 2.45) is 0 Å². The first-order valence-corrected chi connectivity index (χ1v) is 8.97. The number of furan rings is 1. The summed E-state index contributed by atoms with van der Waals surface area (Å²) in [7, 11) is 0. The van der Waals surface area contributed by atoms with Gasteiger partial charge in [0.25, 0.3) is 0 Å². The Bertz CT molecular complexity index is 552. The maximum Gasteiger partial charge on any atom is 0.129 e. The van der Waals surface area contributed by atoms with E-state index in [2.05, 4.69) is 37.8 Å². The minimum Gasteiger partial charge on any atom is -0.467 e. The fraction of sp³-hybridized carbons (Fsp3) is 0.556. The van der Waals surface area contributed by atoms with E-state index in [9.17, 15) is 5.11 Å². The van der Waals surface area contributed by atoms with Crippen LogP contribution in [-0.4, -0.2) is 35.3 Å². The predicted octanol–water partition coefficient (Wildman–Crippen LogP) is 3.83. The zero-order valence-electron chi connectivity index (χ0n) is 14.2. The molecular formula is C18H27NO3S. The molecule has 23 heavy (non-hydrogen) atoms. The summed E-state index contributed by atoms with van der Waals surface area (Å²) in [6.07, 6.45) is 2.19. The molecule has 2 rings (SSSR count). The molecule has 0 amide bonds. The minimum absolute atomic E-state index is 0.317. The molecular weight excluding hydrogens is 310 g/mol. The molecule has 2 aromatic heterocycles. The Kier molecular flexibility index (Phi) is 7.30. The van der Waals surface area contributed by atoms with E-state index in [1.807, 2.05) is 23.5 Å². The van der Waals surface area contributed by atoms with Gasteiger partial charge in [-0.15, -0.1) is 11.3 Å². The zero-order valence-corrected chi connectivity index (χ0v) is 15.0. The Morgan fingerprint density at radius 2 is 2.17 bits per heavy atom. The van der Waals surface area contributed by atoms with Gasteiger partial charge in [0, 0.05) is 28.9 Å². The summed E-state index contributed by atoms with van der Waals surface area (Å²) >= 11 is 1.82. The lowest BCUT2D eigenvalue weighted by molar-refractivity contribution is -0.00252. The quantitative estimate of drug-likeness (QED) is 0.716. The van der Waals surface area contributed by atoms with E-state index in [0.29, 0.717) is 25.8 Å². The standard InChI is InChI=1S/C18H27NO3S/c1-4-14(2)19(11-18-8-7-15(3)23-18)10-16(20)12-21-13-17-6-5-9-22-17/h5-9,14,16,20H,4,10-13H2,1-3H3/t14-,16-/m1/s1. The first-order valence-electron chi connectivity index (χ1n) is 8.16. The highest BCUT2D eigenvalue weighted by Gasteiger charge is 2.18. The fourth-order valence-corrected chi connectivity index (χ4v) is 3.36. The van der Waals surface area contributed by atoms with E-state index >= 15 is 0 Å². The van der Waals surface area contributed by atoms with Gasteiger partial charge in [-0.1, -0.05) is 6.92 Å². The molecule has 2 aromatic rings. The van der Waals surface area contributed by atoms with Crippen LogP contribution in [0.5, 0.6) is 0 Å². The van der Waals surface area contributed by atoms with E-state index in [-0.39, 0.29) is 0 Å². The highest BCUT2D eigenvalue weighted by Crippen LogP contribution is 2.19. The Hall–Kier alpha value is -1.14. The summed E-state index contributed by atoms with van der Waals surface area (Å²) in [5.41, 5.74) is 0. The number of ether oxygens (including phenoxy) is 1. The number of nitrogens with zero attached hydrogens (tertiary/aromatic N) is 1. The largest absolute Gasteiger partial charge is 0.467 e. The third-order valence-electron chi connectivity index (χ3n) is 3.95. The van der Waals surface area contributed by atoms with Gasteiger partial charge in [0.05, 0.1) is 19.0 Å². The molecule has 4 nitrogen and oxygen atoms in total. The van der Waals surface area contributed by atoms with E-state index in [0.717, 1.165) is 18.7 Å². The maximum atomic E-state index is 10.3. The molecule has 2 heterocycles. The number of rotatable bonds is 10. The van der Waals surface area contributed by atoms with Gasteiger partial charge in [-0.25, -0.2) is 0 Å². The Balaban J connectivity index is 1.81. The van der Waals surface area contributed by atoms with Gasteiger partial charge in [-0.05, 0) is 44.5 Å². The van der Waals surface area contributed by atoms with Crippen molar-refractivity contribution in [1.82, 2.24) is 4.90 Å². The van der Waals surface area contributed by atoms with Crippen molar-refractivity contribution >= 4 is 11.3 Å². The van der Waals surface area contributed by atoms with Crippen molar-refractivity contribution in [3.63, 3.8) is 0 Å². The molecule has 0 saturated heterocycles. The zero-order chi connectivity index (χ0) is 16.7. The molecule has 0 unspecified atom stereocenters. The van der Waals surface area contributed by atoms with Crippen LogP contribution in [0.2, 0.25) is 0 Å². The van der Waals surface area contributed by atoms with Crippen LogP contribution in [0.4, 0.5) is 0 Å².